The standard InChI is InChI=1S/C14H26N2O2S2/c1-2-3-4-5-6-7-9-16-11-15(10-8-13(17)18)12-20-14(16)19/h2-12H2,1H3,(H,17,18). The summed E-state index contributed by atoms with van der Waals surface area (Å²) >= 11 is 7.03. The summed E-state index contributed by atoms with van der Waals surface area (Å²) in [7, 11) is 0. The molecule has 1 fully saturated rings. The Balaban J connectivity index is 2.18. The molecule has 1 saturated heterocycles. The topological polar surface area (TPSA) is 43.8 Å². The Morgan fingerprint density at radius 3 is 2.65 bits per heavy atom. The van der Waals surface area contributed by atoms with Crippen LogP contribution < -0.4 is 0 Å². The van der Waals surface area contributed by atoms with E-state index in [1.54, 1.807) is 11.8 Å². The highest BCUT2D eigenvalue weighted by atomic mass is 32.2. The Hall–Kier alpha value is -0.330. The second kappa shape index (κ2) is 10.4. The van der Waals surface area contributed by atoms with E-state index in [0.29, 0.717) is 6.54 Å². The van der Waals surface area contributed by atoms with Crippen LogP contribution in [-0.2, 0) is 4.79 Å². The number of hydrogen-bond donors (Lipinski definition) is 1. The first kappa shape index (κ1) is 17.7. The van der Waals surface area contributed by atoms with Crippen molar-refractivity contribution in [2.45, 2.75) is 51.9 Å². The lowest BCUT2D eigenvalue weighted by molar-refractivity contribution is -0.137. The highest BCUT2D eigenvalue weighted by Crippen LogP contribution is 2.19. The van der Waals surface area contributed by atoms with Crippen LogP contribution in [0.15, 0.2) is 0 Å². The second-order valence-corrected chi connectivity index (χ2v) is 6.83. The first-order valence-electron chi connectivity index (χ1n) is 7.49. The summed E-state index contributed by atoms with van der Waals surface area (Å²) in [6, 6.07) is 0. The Labute approximate surface area is 131 Å². The Kier molecular flexibility index (Phi) is 9.22. The molecule has 6 heteroatoms. The SMILES string of the molecule is CCCCCCCCN1CN(CCC(=O)O)CSC1=S. The fourth-order valence-electron chi connectivity index (χ4n) is 2.21. The van der Waals surface area contributed by atoms with Crippen LogP contribution in [0.3, 0.4) is 0 Å². The molecule has 1 aliphatic rings. The lowest BCUT2D eigenvalue weighted by Gasteiger charge is -2.36. The van der Waals surface area contributed by atoms with Crippen molar-refractivity contribution >= 4 is 34.3 Å². The highest BCUT2D eigenvalue weighted by Gasteiger charge is 2.21. The van der Waals surface area contributed by atoms with E-state index < -0.39 is 5.97 Å². The van der Waals surface area contributed by atoms with E-state index in [0.717, 1.165) is 23.4 Å². The predicted octanol–water partition coefficient (Wildman–Crippen LogP) is 3.37. The van der Waals surface area contributed by atoms with E-state index in [-0.39, 0.29) is 6.42 Å². The molecule has 0 aromatic carbocycles. The fraction of sp³-hybridized carbons (Fsp3) is 0.857. The summed E-state index contributed by atoms with van der Waals surface area (Å²) < 4.78 is 0.963. The maximum Gasteiger partial charge on any atom is 0.304 e. The molecule has 20 heavy (non-hydrogen) atoms. The molecule has 0 atom stereocenters. The van der Waals surface area contributed by atoms with Crippen LogP contribution in [0.5, 0.6) is 0 Å². The van der Waals surface area contributed by atoms with E-state index in [1.807, 2.05) is 0 Å². The van der Waals surface area contributed by atoms with Crippen molar-refractivity contribution in [1.29, 1.82) is 0 Å². The minimum atomic E-state index is -0.731. The highest BCUT2D eigenvalue weighted by molar-refractivity contribution is 8.22. The Bertz CT molecular complexity index is 314. The molecule has 0 aliphatic carbocycles. The summed E-state index contributed by atoms with van der Waals surface area (Å²) in [5, 5.41) is 8.73. The minimum absolute atomic E-state index is 0.207. The van der Waals surface area contributed by atoms with E-state index in [4.69, 9.17) is 17.3 Å². The van der Waals surface area contributed by atoms with Gasteiger partial charge in [-0.3, -0.25) is 9.69 Å². The number of carboxylic acids is 1. The van der Waals surface area contributed by atoms with Gasteiger partial charge in [-0.05, 0) is 6.42 Å². The molecule has 0 radical (unpaired) electrons. The zero-order valence-corrected chi connectivity index (χ0v) is 14.0. The third-order valence-corrected chi connectivity index (χ3v) is 5.03. The average Bonchev–Trinajstić information content (AvgIpc) is 2.43. The molecule has 0 saturated carbocycles. The predicted molar refractivity (Wildman–Crippen MR) is 89.0 cm³/mol. The quantitative estimate of drug-likeness (QED) is 0.492. The van der Waals surface area contributed by atoms with Gasteiger partial charge in [-0.25, -0.2) is 0 Å². The third kappa shape index (κ3) is 7.45. The van der Waals surface area contributed by atoms with Gasteiger partial charge in [-0.1, -0.05) is 63.0 Å². The van der Waals surface area contributed by atoms with Gasteiger partial charge in [-0.15, -0.1) is 0 Å². The molecule has 1 heterocycles. The van der Waals surface area contributed by atoms with Crippen LogP contribution in [0.25, 0.3) is 0 Å². The molecular weight excluding hydrogens is 292 g/mol. The van der Waals surface area contributed by atoms with Crippen molar-refractivity contribution in [1.82, 2.24) is 9.80 Å². The smallest absolute Gasteiger partial charge is 0.304 e. The number of unbranched alkanes of at least 4 members (excludes halogenated alkanes) is 5. The van der Waals surface area contributed by atoms with Crippen molar-refractivity contribution in [2.75, 3.05) is 25.6 Å². The number of carboxylic acid groups (broad SMARTS) is 1. The number of thioether (sulfide) groups is 1. The van der Waals surface area contributed by atoms with Gasteiger partial charge in [0.05, 0.1) is 19.0 Å². The van der Waals surface area contributed by atoms with Gasteiger partial charge in [0.1, 0.15) is 4.32 Å². The molecule has 0 spiro atoms. The first-order chi connectivity index (χ1) is 9.63. The lowest BCUT2D eigenvalue weighted by Crippen LogP contribution is -2.45. The summed E-state index contributed by atoms with van der Waals surface area (Å²) in [6.45, 7) is 4.63. The molecule has 1 aliphatic heterocycles. The average molecular weight is 319 g/mol. The Morgan fingerprint density at radius 1 is 1.25 bits per heavy atom. The molecule has 1 N–H and O–H groups in total. The molecular formula is C14H26N2O2S2. The molecule has 0 aromatic heterocycles. The van der Waals surface area contributed by atoms with Gasteiger partial charge in [-0.2, -0.15) is 0 Å². The molecule has 1 rings (SSSR count). The van der Waals surface area contributed by atoms with Crippen LogP contribution in [0, 0.1) is 0 Å². The third-order valence-electron chi connectivity index (χ3n) is 3.42. The summed E-state index contributed by atoms with van der Waals surface area (Å²) in [5.74, 6) is 0.0877. The zero-order valence-electron chi connectivity index (χ0n) is 12.3. The number of carbonyl (C=O) groups is 1. The molecule has 0 bridgehead atoms. The van der Waals surface area contributed by atoms with Gasteiger partial charge >= 0.3 is 5.97 Å². The maximum absolute atomic E-state index is 10.6. The van der Waals surface area contributed by atoms with Crippen LogP contribution >= 0.6 is 24.0 Å². The normalized spacial score (nSPS) is 16.6. The number of aliphatic carboxylic acids is 1. The van der Waals surface area contributed by atoms with Crippen molar-refractivity contribution in [2.24, 2.45) is 0 Å². The number of nitrogens with zero attached hydrogens (tertiary/aromatic N) is 2. The monoisotopic (exact) mass is 318 g/mol. The van der Waals surface area contributed by atoms with Crippen LogP contribution in [0.4, 0.5) is 0 Å². The maximum atomic E-state index is 10.6. The molecule has 0 aromatic rings. The van der Waals surface area contributed by atoms with Gasteiger partial charge in [0, 0.05) is 13.1 Å². The summed E-state index contributed by atoms with van der Waals surface area (Å²) in [4.78, 5) is 15.0. The van der Waals surface area contributed by atoms with E-state index in [2.05, 4.69) is 16.7 Å². The van der Waals surface area contributed by atoms with Gasteiger partial charge in [0.25, 0.3) is 0 Å². The van der Waals surface area contributed by atoms with Gasteiger partial charge < -0.3 is 10.0 Å². The fourth-order valence-corrected chi connectivity index (χ4v) is 3.35. The van der Waals surface area contributed by atoms with Crippen molar-refractivity contribution in [3.05, 3.63) is 0 Å². The van der Waals surface area contributed by atoms with Crippen molar-refractivity contribution < 1.29 is 9.90 Å². The zero-order chi connectivity index (χ0) is 14.8. The van der Waals surface area contributed by atoms with E-state index in [1.165, 1.54) is 38.5 Å². The van der Waals surface area contributed by atoms with E-state index >= 15 is 0 Å². The minimum Gasteiger partial charge on any atom is -0.481 e. The first-order valence-corrected chi connectivity index (χ1v) is 8.88. The van der Waals surface area contributed by atoms with Crippen molar-refractivity contribution in [3.63, 3.8) is 0 Å². The van der Waals surface area contributed by atoms with Gasteiger partial charge in [0.2, 0.25) is 0 Å². The molecule has 4 nitrogen and oxygen atoms in total. The number of thiocarbonyl (C=S) groups is 1. The van der Waals surface area contributed by atoms with Crippen LogP contribution in [-0.4, -0.2) is 50.8 Å². The largest absolute Gasteiger partial charge is 0.481 e. The van der Waals surface area contributed by atoms with E-state index in [9.17, 15) is 4.79 Å². The molecule has 0 amide bonds. The van der Waals surface area contributed by atoms with Gasteiger partial charge in [0.15, 0.2) is 0 Å². The summed E-state index contributed by atoms with van der Waals surface area (Å²) in [5.41, 5.74) is 0. The van der Waals surface area contributed by atoms with Crippen LogP contribution in [0.2, 0.25) is 0 Å². The molecule has 116 valence electrons. The lowest BCUT2D eigenvalue weighted by atomic mass is 10.1. The molecule has 0 unspecified atom stereocenters. The Morgan fingerprint density at radius 2 is 1.95 bits per heavy atom. The number of rotatable bonds is 10. The van der Waals surface area contributed by atoms with Crippen LogP contribution in [0.1, 0.15) is 51.9 Å². The van der Waals surface area contributed by atoms with Crippen molar-refractivity contribution in [3.8, 4) is 0 Å². The summed E-state index contributed by atoms with van der Waals surface area (Å²) in [6.07, 6.45) is 7.91. The second-order valence-electron chi connectivity index (χ2n) is 5.25. The number of hydrogen-bond acceptors (Lipinski definition) is 4.